The SMILES string of the molecule is COc1ccc(-c2csc3nc(=O)c(CC(=O)c4ccc(Cl)cc4)nn23)cc1. The number of rotatable bonds is 5. The number of ketones is 1. The van der Waals surface area contributed by atoms with E-state index in [-0.39, 0.29) is 17.9 Å². The molecule has 0 N–H and O–H groups in total. The second-order valence-corrected chi connectivity index (χ2v) is 7.29. The van der Waals surface area contributed by atoms with Crippen LogP contribution in [0, 0.1) is 0 Å². The normalized spacial score (nSPS) is 10.9. The number of hydrogen-bond donors (Lipinski definition) is 0. The van der Waals surface area contributed by atoms with Crippen LogP contribution in [0.4, 0.5) is 0 Å². The van der Waals surface area contributed by atoms with Gasteiger partial charge in [-0.25, -0.2) is 4.52 Å². The molecule has 6 nitrogen and oxygen atoms in total. The molecular formula is C20H14ClN3O3S. The third-order valence-electron chi connectivity index (χ3n) is 4.23. The van der Waals surface area contributed by atoms with E-state index in [1.165, 1.54) is 11.3 Å². The molecule has 0 spiro atoms. The number of carbonyl (C=O) groups excluding carboxylic acids is 1. The first-order valence-electron chi connectivity index (χ1n) is 8.36. The smallest absolute Gasteiger partial charge is 0.296 e. The number of halogens is 1. The molecule has 2 aromatic heterocycles. The fourth-order valence-electron chi connectivity index (χ4n) is 2.75. The third kappa shape index (κ3) is 3.54. The van der Waals surface area contributed by atoms with Gasteiger partial charge in [0.05, 0.1) is 19.2 Å². The molecule has 0 fully saturated rings. The van der Waals surface area contributed by atoms with Crippen LogP contribution in [0.1, 0.15) is 16.1 Å². The lowest BCUT2D eigenvalue weighted by molar-refractivity contribution is 0.0991. The lowest BCUT2D eigenvalue weighted by Crippen LogP contribution is -2.21. The van der Waals surface area contributed by atoms with Gasteiger partial charge in [0.1, 0.15) is 11.4 Å². The van der Waals surface area contributed by atoms with Crippen molar-refractivity contribution in [2.24, 2.45) is 0 Å². The van der Waals surface area contributed by atoms with E-state index in [9.17, 15) is 9.59 Å². The van der Waals surface area contributed by atoms with Crippen LogP contribution in [0.15, 0.2) is 58.7 Å². The van der Waals surface area contributed by atoms with Crippen molar-refractivity contribution in [1.29, 1.82) is 0 Å². The molecule has 0 amide bonds. The van der Waals surface area contributed by atoms with Gasteiger partial charge in [0.15, 0.2) is 5.78 Å². The molecule has 0 bridgehead atoms. The number of benzene rings is 2. The van der Waals surface area contributed by atoms with E-state index >= 15 is 0 Å². The number of aromatic nitrogens is 3. The lowest BCUT2D eigenvalue weighted by atomic mass is 10.1. The maximum absolute atomic E-state index is 12.5. The fourth-order valence-corrected chi connectivity index (χ4v) is 3.70. The van der Waals surface area contributed by atoms with E-state index in [1.807, 2.05) is 29.6 Å². The van der Waals surface area contributed by atoms with E-state index in [0.717, 1.165) is 17.0 Å². The average molecular weight is 412 g/mol. The Balaban J connectivity index is 1.71. The number of ether oxygens (including phenoxy) is 1. The number of hydrogen-bond acceptors (Lipinski definition) is 6. The van der Waals surface area contributed by atoms with Crippen molar-refractivity contribution in [1.82, 2.24) is 14.6 Å². The second kappa shape index (κ2) is 7.53. The van der Waals surface area contributed by atoms with Crippen molar-refractivity contribution in [3.8, 4) is 17.0 Å². The number of thiazole rings is 1. The van der Waals surface area contributed by atoms with Crippen LogP contribution in [0.5, 0.6) is 5.75 Å². The molecule has 0 unspecified atom stereocenters. The maximum Gasteiger partial charge on any atom is 0.296 e. The Hall–Kier alpha value is -3.03. The Kier molecular flexibility index (Phi) is 4.93. The van der Waals surface area contributed by atoms with Crippen molar-refractivity contribution >= 4 is 33.7 Å². The molecule has 28 heavy (non-hydrogen) atoms. The fraction of sp³-hybridized carbons (Fsp3) is 0.100. The Labute approximate surface area is 169 Å². The molecule has 0 saturated carbocycles. The summed E-state index contributed by atoms with van der Waals surface area (Å²) in [6.07, 6.45) is -0.131. The monoisotopic (exact) mass is 411 g/mol. The van der Waals surface area contributed by atoms with Crippen LogP contribution in [-0.4, -0.2) is 27.5 Å². The number of methoxy groups -OCH3 is 1. The Morgan fingerprint density at radius 3 is 2.54 bits per heavy atom. The molecule has 8 heteroatoms. The van der Waals surface area contributed by atoms with Crippen LogP contribution >= 0.6 is 22.9 Å². The second-order valence-electron chi connectivity index (χ2n) is 6.01. The quantitative estimate of drug-likeness (QED) is 0.465. The van der Waals surface area contributed by atoms with Gasteiger partial charge in [-0.15, -0.1) is 11.3 Å². The highest BCUT2D eigenvalue weighted by Crippen LogP contribution is 2.25. The molecule has 0 atom stereocenters. The van der Waals surface area contributed by atoms with Gasteiger partial charge in [0.25, 0.3) is 5.56 Å². The average Bonchev–Trinajstić information content (AvgIpc) is 3.11. The maximum atomic E-state index is 12.5. The van der Waals surface area contributed by atoms with E-state index in [1.54, 1.807) is 35.9 Å². The summed E-state index contributed by atoms with van der Waals surface area (Å²) in [6, 6.07) is 14.0. The molecule has 0 aliphatic heterocycles. The highest BCUT2D eigenvalue weighted by atomic mass is 35.5. The van der Waals surface area contributed by atoms with Crippen LogP contribution in [0.25, 0.3) is 16.2 Å². The summed E-state index contributed by atoms with van der Waals surface area (Å²) in [4.78, 5) is 29.4. The first-order valence-corrected chi connectivity index (χ1v) is 9.61. The number of carbonyl (C=O) groups is 1. The van der Waals surface area contributed by atoms with Gasteiger partial charge in [-0.3, -0.25) is 9.59 Å². The first kappa shape index (κ1) is 18.3. The summed E-state index contributed by atoms with van der Waals surface area (Å²) in [5, 5.41) is 6.83. The van der Waals surface area contributed by atoms with E-state index in [0.29, 0.717) is 15.5 Å². The first-order chi connectivity index (χ1) is 13.5. The van der Waals surface area contributed by atoms with Gasteiger partial charge >= 0.3 is 0 Å². The summed E-state index contributed by atoms with van der Waals surface area (Å²) in [5.41, 5.74) is 1.77. The zero-order valence-electron chi connectivity index (χ0n) is 14.8. The topological polar surface area (TPSA) is 73.6 Å². The van der Waals surface area contributed by atoms with Gasteiger partial charge in [-0.05, 0) is 48.5 Å². The lowest BCUT2D eigenvalue weighted by Gasteiger charge is -2.05. The summed E-state index contributed by atoms with van der Waals surface area (Å²) in [6.45, 7) is 0. The Morgan fingerprint density at radius 2 is 1.86 bits per heavy atom. The molecule has 0 radical (unpaired) electrons. The largest absolute Gasteiger partial charge is 0.497 e. The van der Waals surface area contributed by atoms with Crippen molar-refractivity contribution in [2.75, 3.05) is 7.11 Å². The predicted molar refractivity (Wildman–Crippen MR) is 109 cm³/mol. The van der Waals surface area contributed by atoms with Crippen LogP contribution in [0.3, 0.4) is 0 Å². The molecule has 0 saturated heterocycles. The Bertz CT molecular complexity index is 1210. The van der Waals surface area contributed by atoms with E-state index in [4.69, 9.17) is 16.3 Å². The number of nitrogens with zero attached hydrogens (tertiary/aromatic N) is 3. The van der Waals surface area contributed by atoms with Crippen LogP contribution < -0.4 is 10.3 Å². The third-order valence-corrected chi connectivity index (χ3v) is 5.30. The Morgan fingerprint density at radius 1 is 1.14 bits per heavy atom. The summed E-state index contributed by atoms with van der Waals surface area (Å²) in [7, 11) is 1.61. The van der Waals surface area contributed by atoms with Crippen LogP contribution in [0.2, 0.25) is 5.02 Å². The summed E-state index contributed by atoms with van der Waals surface area (Å²) >= 11 is 7.17. The van der Waals surface area contributed by atoms with Crippen LogP contribution in [-0.2, 0) is 6.42 Å². The summed E-state index contributed by atoms with van der Waals surface area (Å²) in [5.74, 6) is 0.528. The molecule has 2 heterocycles. The highest BCUT2D eigenvalue weighted by Gasteiger charge is 2.16. The molecule has 4 aromatic rings. The highest BCUT2D eigenvalue weighted by molar-refractivity contribution is 7.15. The molecule has 0 aliphatic carbocycles. The molecule has 0 aliphatic rings. The van der Waals surface area contributed by atoms with Gasteiger partial charge in [-0.2, -0.15) is 10.1 Å². The van der Waals surface area contributed by atoms with Crippen molar-refractivity contribution in [3.63, 3.8) is 0 Å². The zero-order valence-corrected chi connectivity index (χ0v) is 16.3. The van der Waals surface area contributed by atoms with Crippen molar-refractivity contribution in [3.05, 3.63) is 80.5 Å². The standard InChI is InChI=1S/C20H14ClN3O3S/c1-27-15-8-4-12(5-9-15)17-11-28-20-22-19(26)16(23-24(17)20)10-18(25)13-2-6-14(21)7-3-13/h2-9,11H,10H2,1H3. The minimum absolute atomic E-state index is 0.102. The van der Waals surface area contributed by atoms with E-state index < -0.39 is 5.56 Å². The predicted octanol–water partition coefficient (Wildman–Crippen LogP) is 3.91. The molecule has 140 valence electrons. The molecule has 2 aromatic carbocycles. The minimum Gasteiger partial charge on any atom is -0.497 e. The van der Waals surface area contributed by atoms with Gasteiger partial charge in [0.2, 0.25) is 4.96 Å². The van der Waals surface area contributed by atoms with Crippen molar-refractivity contribution < 1.29 is 9.53 Å². The van der Waals surface area contributed by atoms with E-state index in [2.05, 4.69) is 10.1 Å². The molecule has 4 rings (SSSR count). The van der Waals surface area contributed by atoms with Gasteiger partial charge in [-0.1, -0.05) is 11.6 Å². The number of fused-ring (bicyclic) bond motifs is 1. The van der Waals surface area contributed by atoms with Gasteiger partial charge in [0, 0.05) is 21.5 Å². The van der Waals surface area contributed by atoms with Crippen molar-refractivity contribution in [2.45, 2.75) is 6.42 Å². The number of Topliss-reactive ketones (excluding diaryl/α,β-unsaturated/α-hetero) is 1. The zero-order chi connectivity index (χ0) is 19.7. The summed E-state index contributed by atoms with van der Waals surface area (Å²) < 4.78 is 6.78. The van der Waals surface area contributed by atoms with Gasteiger partial charge < -0.3 is 4.74 Å². The minimum atomic E-state index is -0.495. The molecular weight excluding hydrogens is 398 g/mol.